The molecule has 10 nitrogen and oxygen atoms in total. The van der Waals surface area contributed by atoms with Crippen LogP contribution in [0.1, 0.15) is 110 Å². The number of nitrogens with one attached hydrogen (secondary N) is 1. The van der Waals surface area contributed by atoms with Crippen LogP contribution in [0.15, 0.2) is 53.7 Å². The average molecular weight is 721 g/mol. The van der Waals surface area contributed by atoms with Crippen LogP contribution < -0.4 is 10.1 Å². The quantitative estimate of drug-likeness (QED) is 0.214. The fourth-order valence-corrected chi connectivity index (χ4v) is 9.44. The minimum atomic E-state index is -1.27. The highest BCUT2D eigenvalue weighted by atomic mass is 19.1. The molecule has 0 amide bonds. The van der Waals surface area contributed by atoms with Crippen LogP contribution >= 0.6 is 0 Å². The minimum Gasteiger partial charge on any atom is -0.497 e. The fraction of sp³-hybridized carbons (Fsp3) is 0.634. The molecule has 2 saturated carbocycles. The van der Waals surface area contributed by atoms with Gasteiger partial charge < -0.3 is 28.8 Å². The van der Waals surface area contributed by atoms with Gasteiger partial charge in [0.2, 0.25) is 6.29 Å². The number of ether oxygens (including phenoxy) is 5. The Morgan fingerprint density at radius 2 is 1.83 bits per heavy atom. The monoisotopic (exact) mass is 720 g/mol. The number of ketones is 1. The van der Waals surface area contributed by atoms with E-state index in [1.54, 1.807) is 19.2 Å². The van der Waals surface area contributed by atoms with E-state index >= 15 is 4.39 Å². The highest BCUT2D eigenvalue weighted by Gasteiger charge is 2.62. The zero-order valence-corrected chi connectivity index (χ0v) is 31.3. The number of pyridine rings is 1. The number of fused-ring (bicyclic) bond motifs is 4. The minimum absolute atomic E-state index is 0.0364. The molecule has 2 N–H and O–H groups in total. The second kappa shape index (κ2) is 13.9. The van der Waals surface area contributed by atoms with Gasteiger partial charge in [0.25, 0.3) is 0 Å². The fourth-order valence-electron chi connectivity index (χ4n) is 9.44. The van der Waals surface area contributed by atoms with E-state index in [1.807, 2.05) is 32.9 Å². The molecule has 1 aromatic carbocycles. The molecule has 4 fully saturated rings. The molecule has 52 heavy (non-hydrogen) atoms. The highest BCUT2D eigenvalue weighted by molar-refractivity contribution is 5.79. The molecule has 2 aromatic rings. The van der Waals surface area contributed by atoms with Crippen molar-refractivity contribution in [2.24, 2.45) is 22.7 Å². The number of halogens is 1. The van der Waals surface area contributed by atoms with Crippen molar-refractivity contribution in [3.8, 4) is 5.75 Å². The summed E-state index contributed by atoms with van der Waals surface area (Å²) in [6.07, 6.45) is 2.24. The molecular formula is C41H53FN2O8. The van der Waals surface area contributed by atoms with Crippen LogP contribution in [0.4, 0.5) is 4.39 Å². The third kappa shape index (κ3) is 6.40. The molecule has 0 spiro atoms. The predicted octanol–water partition coefficient (Wildman–Crippen LogP) is 6.67. The van der Waals surface area contributed by atoms with Gasteiger partial charge in [-0.05, 0) is 104 Å². The summed E-state index contributed by atoms with van der Waals surface area (Å²) in [4.78, 5) is 31.3. The second-order valence-electron chi connectivity index (χ2n) is 16.7. The summed E-state index contributed by atoms with van der Waals surface area (Å²) < 4.78 is 46.2. The maximum atomic E-state index is 15.2. The third-order valence-electron chi connectivity index (χ3n) is 13.3. The Balaban J connectivity index is 1.21. The lowest BCUT2D eigenvalue weighted by molar-refractivity contribution is -0.171. The zero-order valence-electron chi connectivity index (χ0n) is 31.3. The van der Waals surface area contributed by atoms with E-state index in [9.17, 15) is 14.7 Å². The Kier molecular flexibility index (Phi) is 9.91. The van der Waals surface area contributed by atoms with Gasteiger partial charge in [0.1, 0.15) is 30.0 Å². The summed E-state index contributed by atoms with van der Waals surface area (Å²) in [5, 5.41) is 16.0. The van der Waals surface area contributed by atoms with Gasteiger partial charge in [-0.25, -0.2) is 9.18 Å². The van der Waals surface area contributed by atoms with E-state index in [2.05, 4.69) is 24.1 Å². The van der Waals surface area contributed by atoms with Crippen molar-refractivity contribution in [1.82, 2.24) is 10.3 Å². The number of nitrogens with zero attached hydrogens (tertiary/aromatic N) is 1. The lowest BCUT2D eigenvalue weighted by Crippen LogP contribution is -2.59. The Morgan fingerprint density at radius 3 is 2.46 bits per heavy atom. The van der Waals surface area contributed by atoms with Gasteiger partial charge >= 0.3 is 5.97 Å². The van der Waals surface area contributed by atoms with Gasteiger partial charge in [-0.2, -0.15) is 0 Å². The molecule has 11 atom stereocenters. The smallest absolute Gasteiger partial charge is 0.338 e. The summed E-state index contributed by atoms with van der Waals surface area (Å²) in [7, 11) is 1.58. The molecule has 11 heteroatoms. The lowest BCUT2D eigenvalue weighted by atomic mass is 9.53. The average Bonchev–Trinajstić information content (AvgIpc) is 3.76. The summed E-state index contributed by atoms with van der Waals surface area (Å²) in [5.74, 6) is 0.520. The number of hydrogen-bond donors (Lipinski definition) is 2. The third-order valence-corrected chi connectivity index (χ3v) is 13.3. The van der Waals surface area contributed by atoms with Gasteiger partial charge in [0, 0.05) is 18.0 Å². The van der Waals surface area contributed by atoms with Crippen molar-refractivity contribution in [3.63, 3.8) is 0 Å². The van der Waals surface area contributed by atoms with Crippen LogP contribution in [0.5, 0.6) is 5.75 Å². The maximum Gasteiger partial charge on any atom is 0.338 e. The molecule has 2 bridgehead atoms. The number of aliphatic hydroxyl groups is 1. The number of Topliss-reactive ketones (excluding diaryl/α,β-unsaturated/α-hetero) is 1. The van der Waals surface area contributed by atoms with Crippen LogP contribution in [0.25, 0.3) is 0 Å². The summed E-state index contributed by atoms with van der Waals surface area (Å²) in [5.41, 5.74) is -0.116. The first-order valence-corrected chi connectivity index (χ1v) is 18.8. The van der Waals surface area contributed by atoms with Crippen LogP contribution in [0.2, 0.25) is 0 Å². The Labute approximate surface area is 305 Å². The Hall–Kier alpha value is -3.22. The van der Waals surface area contributed by atoms with E-state index in [-0.39, 0.29) is 23.3 Å². The van der Waals surface area contributed by atoms with Crippen LogP contribution in [-0.4, -0.2) is 65.3 Å². The normalized spacial score (nSPS) is 38.1. The van der Waals surface area contributed by atoms with Crippen molar-refractivity contribution in [1.29, 1.82) is 0 Å². The van der Waals surface area contributed by atoms with Crippen LogP contribution in [0, 0.1) is 28.5 Å². The van der Waals surface area contributed by atoms with Gasteiger partial charge in [-0.1, -0.05) is 46.2 Å². The second-order valence-corrected chi connectivity index (χ2v) is 16.7. The maximum absolute atomic E-state index is 15.2. The van der Waals surface area contributed by atoms with E-state index in [4.69, 9.17) is 23.7 Å². The molecule has 282 valence electrons. The molecule has 11 unspecified atom stereocenters. The highest BCUT2D eigenvalue weighted by Crippen LogP contribution is 2.59. The van der Waals surface area contributed by atoms with Gasteiger partial charge in [-0.3, -0.25) is 15.1 Å². The van der Waals surface area contributed by atoms with E-state index in [1.165, 1.54) is 38.1 Å². The van der Waals surface area contributed by atoms with Crippen LogP contribution in [-0.2, 0) is 28.5 Å². The van der Waals surface area contributed by atoms with E-state index < -0.39 is 65.8 Å². The van der Waals surface area contributed by atoms with Crippen molar-refractivity contribution >= 4 is 11.8 Å². The van der Waals surface area contributed by atoms with Gasteiger partial charge in [-0.15, -0.1) is 0 Å². The Bertz CT molecular complexity index is 1710. The SMILES string of the molecule is COc1ccc(C2NC(c3ncccc3F)C(C(=O)OC3CC4(O)CCC(C)(CCC5CCC5C)C5OC(C(C)=O)OC5C(=C3C)C4(C)C)O2)cc1. The predicted molar refractivity (Wildman–Crippen MR) is 189 cm³/mol. The van der Waals surface area contributed by atoms with E-state index in [0.717, 1.165) is 24.0 Å². The number of carbonyl (C=O) groups excluding carboxylic acids is 2. The molecule has 5 aliphatic rings. The number of benzene rings is 1. The molecule has 0 radical (unpaired) electrons. The molecule has 7 rings (SSSR count). The van der Waals surface area contributed by atoms with Crippen molar-refractivity contribution in [2.45, 2.75) is 135 Å². The lowest BCUT2D eigenvalue weighted by Gasteiger charge is -2.56. The largest absolute Gasteiger partial charge is 0.497 e. The standard InChI is InChI=1S/C41H53FN2O8/c1-22-10-11-25(22)16-17-40(6)18-19-41(47)21-29(23(2)30(39(41,4)5)33-35(40)52-38(51-33)24(3)45)49-37(46)34-32(31-28(42)9-8-20-43-31)44-36(50-34)26-12-14-27(48-7)15-13-26/h8-9,12-15,20,22,25,29,32-36,38,44,47H,10-11,16-19,21H2,1-7H3. The molecule has 3 aliphatic carbocycles. The topological polar surface area (TPSA) is 125 Å². The summed E-state index contributed by atoms with van der Waals surface area (Å²) in [6.45, 7) is 11.9. The first-order chi connectivity index (χ1) is 24.7. The molecule has 2 aliphatic heterocycles. The number of aromatic nitrogens is 1. The molecule has 3 heterocycles. The zero-order chi connectivity index (χ0) is 37.2. The number of rotatable bonds is 9. The first-order valence-electron chi connectivity index (χ1n) is 18.8. The summed E-state index contributed by atoms with van der Waals surface area (Å²) in [6, 6.07) is 9.02. The van der Waals surface area contributed by atoms with Gasteiger partial charge in [0.15, 0.2) is 11.9 Å². The van der Waals surface area contributed by atoms with Crippen molar-refractivity contribution in [3.05, 3.63) is 70.8 Å². The molecule has 2 saturated heterocycles. The van der Waals surface area contributed by atoms with Gasteiger partial charge in [0.05, 0.1) is 30.6 Å². The number of carbonyl (C=O) groups is 2. The van der Waals surface area contributed by atoms with Crippen molar-refractivity contribution < 1.29 is 42.8 Å². The number of hydrogen-bond acceptors (Lipinski definition) is 10. The molecule has 1 aromatic heterocycles. The first kappa shape index (κ1) is 37.1. The summed E-state index contributed by atoms with van der Waals surface area (Å²) >= 11 is 0. The van der Waals surface area contributed by atoms with E-state index in [0.29, 0.717) is 36.0 Å². The number of esters is 1. The van der Waals surface area contributed by atoms with Crippen LogP contribution in [0.3, 0.4) is 0 Å². The van der Waals surface area contributed by atoms with Crippen molar-refractivity contribution in [2.75, 3.05) is 7.11 Å². The molecular weight excluding hydrogens is 667 g/mol. The Morgan fingerprint density at radius 1 is 1.08 bits per heavy atom. The number of methoxy groups -OCH3 is 1.